The Kier molecular flexibility index (Phi) is 4.60. The molecule has 1 unspecified atom stereocenters. The molecule has 2 aromatic carbocycles. The predicted molar refractivity (Wildman–Crippen MR) is 82.2 cm³/mol. The third-order valence-electron chi connectivity index (χ3n) is 3.01. The van der Waals surface area contributed by atoms with Crippen LogP contribution in [-0.2, 0) is 6.42 Å². The van der Waals surface area contributed by atoms with Gasteiger partial charge in [-0.2, -0.15) is 0 Å². The number of alkyl halides is 1. The Labute approximate surface area is 118 Å². The highest BCUT2D eigenvalue weighted by Gasteiger charge is 2.09. The highest BCUT2D eigenvalue weighted by Crippen LogP contribution is 2.30. The van der Waals surface area contributed by atoms with Crippen LogP contribution < -0.4 is 0 Å². The monoisotopic (exact) mass is 302 g/mol. The first kappa shape index (κ1) is 13.4. The van der Waals surface area contributed by atoms with E-state index in [2.05, 4.69) is 84.4 Å². The molecule has 2 aromatic rings. The van der Waals surface area contributed by atoms with E-state index < -0.39 is 0 Å². The molecule has 0 fully saturated rings. The molecule has 0 N–H and O–H groups in total. The van der Waals surface area contributed by atoms with Gasteiger partial charge in [-0.3, -0.25) is 0 Å². The first-order chi connectivity index (χ1) is 8.66. The topological polar surface area (TPSA) is 0 Å². The fourth-order valence-electron chi connectivity index (χ4n) is 2.11. The Hall–Kier alpha value is -1.08. The molecule has 0 aliphatic heterocycles. The summed E-state index contributed by atoms with van der Waals surface area (Å²) >= 11 is 3.77. The Morgan fingerprint density at radius 2 is 1.39 bits per heavy atom. The third kappa shape index (κ3) is 3.46. The minimum absolute atomic E-state index is 0.284. The van der Waals surface area contributed by atoms with Crippen LogP contribution >= 0.6 is 15.9 Å². The average Bonchev–Trinajstić information content (AvgIpc) is 2.39. The second kappa shape index (κ2) is 6.19. The van der Waals surface area contributed by atoms with E-state index in [1.165, 1.54) is 16.7 Å². The molecule has 0 aromatic heterocycles. The van der Waals surface area contributed by atoms with E-state index in [-0.39, 0.29) is 4.83 Å². The number of benzene rings is 2. The molecule has 0 aliphatic rings. The van der Waals surface area contributed by atoms with Gasteiger partial charge in [-0.25, -0.2) is 0 Å². The highest BCUT2D eigenvalue weighted by atomic mass is 79.9. The summed E-state index contributed by atoms with van der Waals surface area (Å²) in [7, 11) is 0. The molecule has 0 amide bonds. The minimum Gasteiger partial charge on any atom is -0.0786 e. The quantitative estimate of drug-likeness (QED) is 0.666. The van der Waals surface area contributed by atoms with Gasteiger partial charge >= 0.3 is 0 Å². The van der Waals surface area contributed by atoms with E-state index in [0.29, 0.717) is 5.92 Å². The van der Waals surface area contributed by atoms with Crippen LogP contribution in [0, 0.1) is 5.92 Å². The van der Waals surface area contributed by atoms with Crippen LogP contribution in [-0.4, -0.2) is 0 Å². The molecule has 0 aliphatic carbocycles. The summed E-state index contributed by atoms with van der Waals surface area (Å²) in [6.45, 7) is 4.51. The number of halogens is 1. The zero-order chi connectivity index (χ0) is 13.0. The van der Waals surface area contributed by atoms with E-state index in [9.17, 15) is 0 Å². The Bertz CT molecular complexity index is 471. The van der Waals surface area contributed by atoms with Crippen molar-refractivity contribution in [3.8, 4) is 0 Å². The smallest absolute Gasteiger partial charge is 0.0644 e. The average molecular weight is 303 g/mol. The van der Waals surface area contributed by atoms with Gasteiger partial charge in [0.2, 0.25) is 0 Å². The third-order valence-corrected chi connectivity index (χ3v) is 4.07. The van der Waals surface area contributed by atoms with Gasteiger partial charge < -0.3 is 0 Å². The fourth-order valence-corrected chi connectivity index (χ4v) is 2.72. The van der Waals surface area contributed by atoms with E-state index in [1.54, 1.807) is 0 Å². The Balaban J connectivity index is 2.14. The molecule has 0 saturated heterocycles. The molecule has 0 saturated carbocycles. The number of hydrogen-bond donors (Lipinski definition) is 0. The second-order valence-corrected chi connectivity index (χ2v) is 6.03. The van der Waals surface area contributed by atoms with Crippen LogP contribution in [0.15, 0.2) is 54.6 Å². The summed E-state index contributed by atoms with van der Waals surface area (Å²) in [5.74, 6) is 0.713. The van der Waals surface area contributed by atoms with Crippen molar-refractivity contribution in [3.63, 3.8) is 0 Å². The first-order valence-corrected chi connectivity index (χ1v) is 7.36. The summed E-state index contributed by atoms with van der Waals surface area (Å²) < 4.78 is 0. The van der Waals surface area contributed by atoms with Crippen LogP contribution in [0.2, 0.25) is 0 Å². The van der Waals surface area contributed by atoms with Crippen molar-refractivity contribution in [1.29, 1.82) is 0 Å². The van der Waals surface area contributed by atoms with Crippen LogP contribution in [0.4, 0.5) is 0 Å². The maximum absolute atomic E-state index is 3.77. The Morgan fingerprint density at radius 1 is 0.833 bits per heavy atom. The van der Waals surface area contributed by atoms with E-state index in [1.807, 2.05) is 0 Å². The van der Waals surface area contributed by atoms with Gasteiger partial charge in [0.25, 0.3) is 0 Å². The van der Waals surface area contributed by atoms with Crippen LogP contribution in [0.25, 0.3) is 0 Å². The summed E-state index contributed by atoms with van der Waals surface area (Å²) in [5.41, 5.74) is 4.03. The van der Waals surface area contributed by atoms with Crippen LogP contribution in [0.1, 0.15) is 35.4 Å². The second-order valence-electron chi connectivity index (χ2n) is 5.11. The molecule has 94 valence electrons. The van der Waals surface area contributed by atoms with Gasteiger partial charge in [0, 0.05) is 0 Å². The zero-order valence-electron chi connectivity index (χ0n) is 10.9. The molecule has 2 rings (SSSR count). The molecule has 0 heterocycles. The number of hydrogen-bond acceptors (Lipinski definition) is 0. The van der Waals surface area contributed by atoms with Gasteiger partial charge in [-0.1, -0.05) is 84.4 Å². The maximum atomic E-state index is 3.77. The predicted octanol–water partition coefficient (Wildman–Crippen LogP) is 5.37. The summed E-state index contributed by atoms with van der Waals surface area (Å²) in [6, 6.07) is 19.5. The van der Waals surface area contributed by atoms with Gasteiger partial charge in [-0.05, 0) is 29.0 Å². The summed E-state index contributed by atoms with van der Waals surface area (Å²) in [6.07, 6.45) is 1.15. The lowest BCUT2D eigenvalue weighted by atomic mass is 9.99. The van der Waals surface area contributed by atoms with Gasteiger partial charge in [0.05, 0.1) is 4.83 Å². The van der Waals surface area contributed by atoms with Crippen LogP contribution in [0.5, 0.6) is 0 Å². The van der Waals surface area contributed by atoms with Crippen molar-refractivity contribution in [2.75, 3.05) is 0 Å². The zero-order valence-corrected chi connectivity index (χ0v) is 12.5. The first-order valence-electron chi connectivity index (χ1n) is 6.44. The van der Waals surface area contributed by atoms with Gasteiger partial charge in [0.1, 0.15) is 0 Å². The summed E-state index contributed by atoms with van der Waals surface area (Å²) in [4.78, 5) is 0.284. The van der Waals surface area contributed by atoms with Gasteiger partial charge in [0.15, 0.2) is 0 Å². The van der Waals surface area contributed by atoms with Gasteiger partial charge in [-0.15, -0.1) is 0 Å². The van der Waals surface area contributed by atoms with E-state index in [0.717, 1.165) is 6.42 Å². The lowest BCUT2D eigenvalue weighted by Crippen LogP contribution is -1.96. The highest BCUT2D eigenvalue weighted by molar-refractivity contribution is 9.09. The molecule has 0 bridgehead atoms. The van der Waals surface area contributed by atoms with Crippen molar-refractivity contribution in [1.82, 2.24) is 0 Å². The van der Waals surface area contributed by atoms with E-state index in [4.69, 9.17) is 0 Å². The minimum atomic E-state index is 0.284. The normalized spacial score (nSPS) is 12.7. The van der Waals surface area contributed by atoms with E-state index >= 15 is 0 Å². The molecule has 0 radical (unpaired) electrons. The molecular formula is C17H19Br. The van der Waals surface area contributed by atoms with Crippen molar-refractivity contribution in [2.24, 2.45) is 5.92 Å². The van der Waals surface area contributed by atoms with Crippen molar-refractivity contribution in [3.05, 3.63) is 71.3 Å². The molecular weight excluding hydrogens is 284 g/mol. The standard InChI is InChI=1S/C17H19Br/c1-13(2)12-14-8-10-16(11-9-14)17(18)15-6-4-3-5-7-15/h3-11,13,17H,12H2,1-2H3. The molecule has 0 nitrogen and oxygen atoms in total. The van der Waals surface area contributed by atoms with Crippen molar-refractivity contribution in [2.45, 2.75) is 25.1 Å². The molecule has 1 heteroatoms. The Morgan fingerprint density at radius 3 is 1.94 bits per heavy atom. The molecule has 0 spiro atoms. The fraction of sp³-hybridized carbons (Fsp3) is 0.294. The summed E-state index contributed by atoms with van der Waals surface area (Å²) in [5, 5.41) is 0. The lowest BCUT2D eigenvalue weighted by Gasteiger charge is -2.12. The van der Waals surface area contributed by atoms with Crippen molar-refractivity contribution >= 4 is 15.9 Å². The van der Waals surface area contributed by atoms with Crippen molar-refractivity contribution < 1.29 is 0 Å². The maximum Gasteiger partial charge on any atom is 0.0644 e. The SMILES string of the molecule is CC(C)Cc1ccc(C(Br)c2ccccc2)cc1. The molecule has 1 atom stereocenters. The van der Waals surface area contributed by atoms with Crippen LogP contribution in [0.3, 0.4) is 0 Å². The lowest BCUT2D eigenvalue weighted by molar-refractivity contribution is 0.647. The molecule has 18 heavy (non-hydrogen) atoms. The largest absolute Gasteiger partial charge is 0.0786 e. The number of rotatable bonds is 4.